The predicted molar refractivity (Wildman–Crippen MR) is 108 cm³/mol. The van der Waals surface area contributed by atoms with E-state index in [1.807, 2.05) is 40.9 Å². The number of likely N-dealkylation sites (tertiary alicyclic amines) is 1. The highest BCUT2D eigenvalue weighted by atomic mass is 32.2. The van der Waals surface area contributed by atoms with E-state index in [-0.39, 0.29) is 5.91 Å². The van der Waals surface area contributed by atoms with Crippen LogP contribution in [0.15, 0.2) is 59.8 Å². The van der Waals surface area contributed by atoms with Crippen LogP contribution >= 0.6 is 11.8 Å². The monoisotopic (exact) mass is 378 g/mol. The fraction of sp³-hybridized carbons (Fsp3) is 0.286. The van der Waals surface area contributed by atoms with Gasteiger partial charge in [0.1, 0.15) is 6.33 Å². The SMILES string of the molecule is Cc1cccc(SC2CCN(C(=O)c3ccccc3-c3ncn[nH]3)CC2)c1. The molecule has 2 aromatic carbocycles. The fourth-order valence-corrected chi connectivity index (χ4v) is 4.68. The van der Waals surface area contributed by atoms with Gasteiger partial charge in [-0.1, -0.05) is 35.9 Å². The molecule has 1 aliphatic heterocycles. The van der Waals surface area contributed by atoms with Crippen LogP contribution in [0.25, 0.3) is 11.4 Å². The van der Waals surface area contributed by atoms with Crippen molar-refractivity contribution in [2.45, 2.75) is 29.9 Å². The summed E-state index contributed by atoms with van der Waals surface area (Å²) in [4.78, 5) is 20.6. The maximum atomic E-state index is 13.1. The number of aryl methyl sites for hydroxylation is 1. The molecule has 138 valence electrons. The molecule has 1 aromatic heterocycles. The molecule has 1 N–H and O–H groups in total. The first kappa shape index (κ1) is 17.8. The molecule has 1 saturated heterocycles. The summed E-state index contributed by atoms with van der Waals surface area (Å²) in [7, 11) is 0. The molecule has 0 spiro atoms. The normalized spacial score (nSPS) is 15.1. The van der Waals surface area contributed by atoms with E-state index in [1.165, 1.54) is 16.8 Å². The van der Waals surface area contributed by atoms with E-state index in [1.54, 1.807) is 0 Å². The van der Waals surface area contributed by atoms with Crippen LogP contribution in [0.3, 0.4) is 0 Å². The van der Waals surface area contributed by atoms with E-state index in [2.05, 4.69) is 46.4 Å². The molecule has 0 unspecified atom stereocenters. The number of amides is 1. The standard InChI is InChI=1S/C21H22N4OS/c1-15-5-4-6-17(13-15)27-16-9-11-25(12-10-16)21(26)19-8-3-2-7-18(19)20-22-14-23-24-20/h2-8,13-14,16H,9-12H2,1H3,(H,22,23,24). The molecule has 0 atom stereocenters. The molecule has 4 rings (SSSR count). The minimum absolute atomic E-state index is 0.0704. The third kappa shape index (κ3) is 4.06. The number of rotatable bonds is 4. The van der Waals surface area contributed by atoms with E-state index in [0.29, 0.717) is 16.6 Å². The van der Waals surface area contributed by atoms with Crippen LogP contribution < -0.4 is 0 Å². The summed E-state index contributed by atoms with van der Waals surface area (Å²) in [5.74, 6) is 0.699. The Kier molecular flexibility index (Phi) is 5.25. The van der Waals surface area contributed by atoms with Gasteiger partial charge >= 0.3 is 0 Å². The number of carbonyl (C=O) groups excluding carboxylic acids is 1. The second kappa shape index (κ2) is 7.96. The average molecular weight is 379 g/mol. The Morgan fingerprint density at radius 3 is 2.70 bits per heavy atom. The van der Waals surface area contributed by atoms with Gasteiger partial charge in [-0.3, -0.25) is 9.89 Å². The highest BCUT2D eigenvalue weighted by Crippen LogP contribution is 2.31. The van der Waals surface area contributed by atoms with Crippen molar-refractivity contribution in [2.24, 2.45) is 0 Å². The van der Waals surface area contributed by atoms with Gasteiger partial charge in [-0.05, 0) is 38.0 Å². The molecule has 0 radical (unpaired) electrons. The first-order valence-corrected chi connectivity index (χ1v) is 10.1. The number of hydrogen-bond acceptors (Lipinski definition) is 4. The summed E-state index contributed by atoms with van der Waals surface area (Å²) < 4.78 is 0. The molecule has 0 bridgehead atoms. The second-order valence-corrected chi connectivity index (χ2v) is 8.18. The van der Waals surface area contributed by atoms with Crippen LogP contribution in [0, 0.1) is 6.92 Å². The first-order valence-electron chi connectivity index (χ1n) is 9.18. The summed E-state index contributed by atoms with van der Waals surface area (Å²) in [6.07, 6.45) is 3.48. The van der Waals surface area contributed by atoms with Gasteiger partial charge in [0.05, 0.1) is 5.56 Å². The van der Waals surface area contributed by atoms with Crippen LogP contribution in [0.2, 0.25) is 0 Å². The zero-order valence-corrected chi connectivity index (χ0v) is 16.1. The van der Waals surface area contributed by atoms with Crippen LogP contribution in [-0.4, -0.2) is 44.3 Å². The first-order chi connectivity index (χ1) is 13.2. The molecule has 6 heteroatoms. The van der Waals surface area contributed by atoms with Crippen LogP contribution in [-0.2, 0) is 0 Å². The topological polar surface area (TPSA) is 61.9 Å². The number of piperidine rings is 1. The Bertz CT molecular complexity index is 917. The summed E-state index contributed by atoms with van der Waals surface area (Å²) in [5, 5.41) is 7.31. The van der Waals surface area contributed by atoms with Gasteiger partial charge in [-0.25, -0.2) is 4.98 Å². The summed E-state index contributed by atoms with van der Waals surface area (Å²) in [6.45, 7) is 3.69. The van der Waals surface area contributed by atoms with Crippen molar-refractivity contribution in [1.29, 1.82) is 0 Å². The molecule has 0 saturated carbocycles. The number of nitrogens with zero attached hydrogens (tertiary/aromatic N) is 3. The second-order valence-electron chi connectivity index (χ2n) is 6.81. The summed E-state index contributed by atoms with van der Waals surface area (Å²) in [6, 6.07) is 16.2. The van der Waals surface area contributed by atoms with Crippen molar-refractivity contribution in [3.05, 3.63) is 66.0 Å². The number of H-pyrrole nitrogens is 1. The van der Waals surface area contributed by atoms with Gasteiger partial charge in [0.15, 0.2) is 5.82 Å². The minimum Gasteiger partial charge on any atom is -0.339 e. The van der Waals surface area contributed by atoms with Crippen molar-refractivity contribution in [1.82, 2.24) is 20.1 Å². The van der Waals surface area contributed by atoms with Gasteiger partial charge in [-0.2, -0.15) is 5.10 Å². The number of benzene rings is 2. The smallest absolute Gasteiger partial charge is 0.254 e. The van der Waals surface area contributed by atoms with Crippen LogP contribution in [0.4, 0.5) is 0 Å². The quantitative estimate of drug-likeness (QED) is 0.740. The Hall–Kier alpha value is -2.60. The van der Waals surface area contributed by atoms with Gasteiger partial charge in [0.2, 0.25) is 0 Å². The Labute approximate surface area is 163 Å². The van der Waals surface area contributed by atoms with Gasteiger partial charge in [-0.15, -0.1) is 11.8 Å². The van der Waals surface area contributed by atoms with E-state index in [9.17, 15) is 4.79 Å². The van der Waals surface area contributed by atoms with E-state index in [0.717, 1.165) is 31.5 Å². The van der Waals surface area contributed by atoms with Crippen LogP contribution in [0.5, 0.6) is 0 Å². The number of hydrogen-bond donors (Lipinski definition) is 1. The largest absolute Gasteiger partial charge is 0.339 e. The predicted octanol–water partition coefficient (Wildman–Crippen LogP) is 4.18. The highest BCUT2D eigenvalue weighted by Gasteiger charge is 2.26. The van der Waals surface area contributed by atoms with Crippen molar-refractivity contribution in [3.63, 3.8) is 0 Å². The molecule has 1 fully saturated rings. The lowest BCUT2D eigenvalue weighted by molar-refractivity contribution is 0.0728. The van der Waals surface area contributed by atoms with E-state index < -0.39 is 0 Å². The third-order valence-electron chi connectivity index (χ3n) is 4.85. The zero-order valence-electron chi connectivity index (χ0n) is 15.3. The molecule has 5 nitrogen and oxygen atoms in total. The summed E-state index contributed by atoms with van der Waals surface area (Å²) >= 11 is 1.93. The number of thioether (sulfide) groups is 1. The van der Waals surface area contributed by atoms with E-state index in [4.69, 9.17) is 0 Å². The molecule has 3 aromatic rings. The van der Waals surface area contributed by atoms with Crippen molar-refractivity contribution >= 4 is 17.7 Å². The number of nitrogens with one attached hydrogen (secondary N) is 1. The molecule has 0 aliphatic carbocycles. The van der Waals surface area contributed by atoms with Gasteiger partial charge < -0.3 is 4.90 Å². The maximum absolute atomic E-state index is 13.1. The molecule has 27 heavy (non-hydrogen) atoms. The Morgan fingerprint density at radius 1 is 1.15 bits per heavy atom. The van der Waals surface area contributed by atoms with Gasteiger partial charge in [0, 0.05) is 28.8 Å². The maximum Gasteiger partial charge on any atom is 0.254 e. The molecule has 1 aliphatic rings. The van der Waals surface area contributed by atoms with Crippen molar-refractivity contribution in [2.75, 3.05) is 13.1 Å². The van der Waals surface area contributed by atoms with E-state index >= 15 is 0 Å². The lowest BCUT2D eigenvalue weighted by atomic mass is 10.0. The zero-order chi connectivity index (χ0) is 18.6. The number of carbonyl (C=O) groups is 1. The van der Waals surface area contributed by atoms with Crippen LogP contribution in [0.1, 0.15) is 28.8 Å². The third-order valence-corrected chi connectivity index (χ3v) is 6.18. The van der Waals surface area contributed by atoms with Crippen molar-refractivity contribution in [3.8, 4) is 11.4 Å². The Morgan fingerprint density at radius 2 is 1.96 bits per heavy atom. The highest BCUT2D eigenvalue weighted by molar-refractivity contribution is 8.00. The van der Waals surface area contributed by atoms with Crippen molar-refractivity contribution < 1.29 is 4.79 Å². The average Bonchev–Trinajstić information content (AvgIpc) is 3.23. The Balaban J connectivity index is 1.42. The minimum atomic E-state index is 0.0704. The van der Waals surface area contributed by atoms with Gasteiger partial charge in [0.25, 0.3) is 5.91 Å². The lowest BCUT2D eigenvalue weighted by Gasteiger charge is -2.32. The fourth-order valence-electron chi connectivity index (χ4n) is 3.44. The number of aromatic nitrogens is 3. The summed E-state index contributed by atoms with van der Waals surface area (Å²) in [5.41, 5.74) is 2.77. The molecule has 2 heterocycles. The molecular formula is C21H22N4OS. The molecular weight excluding hydrogens is 356 g/mol. The lowest BCUT2D eigenvalue weighted by Crippen LogP contribution is -2.39. The molecule has 1 amide bonds. The number of aromatic amines is 1.